The van der Waals surface area contributed by atoms with E-state index in [1.807, 2.05) is 4.90 Å². The molecule has 0 N–H and O–H groups in total. The molecule has 0 aliphatic carbocycles. The van der Waals surface area contributed by atoms with Crippen molar-refractivity contribution >= 4 is 21.6 Å². The minimum atomic E-state index is -3.73. The molecular weight excluding hydrogens is 348 g/mol. The lowest BCUT2D eigenvalue weighted by Crippen LogP contribution is -2.40. The van der Waals surface area contributed by atoms with Crippen LogP contribution < -0.4 is 4.31 Å². The van der Waals surface area contributed by atoms with Crippen LogP contribution in [0.2, 0.25) is 0 Å². The maximum Gasteiger partial charge on any atom is 0.264 e. The van der Waals surface area contributed by atoms with Gasteiger partial charge in [0, 0.05) is 20.1 Å². The van der Waals surface area contributed by atoms with Crippen molar-refractivity contribution < 1.29 is 13.2 Å². The number of carbonyl (C=O) groups excluding carboxylic acids is 1. The van der Waals surface area contributed by atoms with Crippen molar-refractivity contribution in [1.82, 2.24) is 4.90 Å². The summed E-state index contributed by atoms with van der Waals surface area (Å²) >= 11 is 0. The Morgan fingerprint density at radius 1 is 1.08 bits per heavy atom. The number of benzene rings is 2. The van der Waals surface area contributed by atoms with Crippen LogP contribution in [-0.4, -0.2) is 39.4 Å². The van der Waals surface area contributed by atoms with Gasteiger partial charge in [0.15, 0.2) is 0 Å². The van der Waals surface area contributed by atoms with Gasteiger partial charge in [0.2, 0.25) is 0 Å². The van der Waals surface area contributed by atoms with Gasteiger partial charge in [-0.1, -0.05) is 37.3 Å². The van der Waals surface area contributed by atoms with Gasteiger partial charge in [-0.3, -0.25) is 9.10 Å². The number of hydrogen-bond donors (Lipinski definition) is 0. The molecule has 26 heavy (non-hydrogen) atoms. The molecule has 0 bridgehead atoms. The second-order valence-corrected chi connectivity index (χ2v) is 8.77. The molecule has 3 rings (SSSR count). The standard InChI is InChI=1S/C20H24N2O3S/c1-16-9-8-14-22(15-16)20(23)18-12-6-7-13-19(18)21(2)26(24,25)17-10-4-3-5-11-17/h3-7,10-13,16H,8-9,14-15H2,1-2H3/t16-/m1/s1. The molecule has 1 aliphatic rings. The normalized spacial score (nSPS) is 17.8. The number of hydrogen-bond acceptors (Lipinski definition) is 3. The van der Waals surface area contributed by atoms with Crippen LogP contribution >= 0.6 is 0 Å². The zero-order valence-corrected chi connectivity index (χ0v) is 15.9. The average molecular weight is 372 g/mol. The molecule has 0 unspecified atom stereocenters. The highest BCUT2D eigenvalue weighted by molar-refractivity contribution is 7.92. The molecule has 1 fully saturated rings. The Morgan fingerprint density at radius 3 is 2.42 bits per heavy atom. The third-order valence-corrected chi connectivity index (χ3v) is 6.61. The summed E-state index contributed by atoms with van der Waals surface area (Å²) in [5, 5.41) is 0. The molecule has 1 aliphatic heterocycles. The molecule has 1 heterocycles. The van der Waals surface area contributed by atoms with E-state index in [4.69, 9.17) is 0 Å². The monoisotopic (exact) mass is 372 g/mol. The fourth-order valence-electron chi connectivity index (χ4n) is 3.35. The number of anilines is 1. The van der Waals surface area contributed by atoms with Gasteiger partial charge in [-0.05, 0) is 43.0 Å². The van der Waals surface area contributed by atoms with E-state index in [0.717, 1.165) is 12.8 Å². The van der Waals surface area contributed by atoms with E-state index in [2.05, 4.69) is 6.92 Å². The second kappa shape index (κ2) is 7.50. The predicted octanol–water partition coefficient (Wildman–Crippen LogP) is 3.38. The van der Waals surface area contributed by atoms with Crippen molar-refractivity contribution in [3.63, 3.8) is 0 Å². The summed E-state index contributed by atoms with van der Waals surface area (Å²) in [5.41, 5.74) is 0.822. The van der Waals surface area contributed by atoms with Crippen LogP contribution in [0.1, 0.15) is 30.1 Å². The summed E-state index contributed by atoms with van der Waals surface area (Å²) in [5.74, 6) is 0.355. The van der Waals surface area contributed by atoms with Gasteiger partial charge in [0.1, 0.15) is 0 Å². The van der Waals surface area contributed by atoms with Gasteiger partial charge < -0.3 is 4.90 Å². The number of para-hydroxylation sites is 1. The summed E-state index contributed by atoms with van der Waals surface area (Å²) < 4.78 is 27.1. The van der Waals surface area contributed by atoms with E-state index in [0.29, 0.717) is 30.3 Å². The summed E-state index contributed by atoms with van der Waals surface area (Å²) in [6, 6.07) is 15.2. The van der Waals surface area contributed by atoms with Crippen molar-refractivity contribution in [2.75, 3.05) is 24.4 Å². The highest BCUT2D eigenvalue weighted by Crippen LogP contribution is 2.28. The smallest absolute Gasteiger partial charge is 0.264 e. The van der Waals surface area contributed by atoms with Crippen molar-refractivity contribution in [3.8, 4) is 0 Å². The molecule has 2 aromatic rings. The molecule has 0 radical (unpaired) electrons. The Balaban J connectivity index is 1.95. The Kier molecular flexibility index (Phi) is 5.32. The zero-order chi connectivity index (χ0) is 18.7. The van der Waals surface area contributed by atoms with Crippen molar-refractivity contribution in [2.45, 2.75) is 24.7 Å². The van der Waals surface area contributed by atoms with Crippen LogP contribution in [0.3, 0.4) is 0 Å². The molecular formula is C20H24N2O3S. The quantitative estimate of drug-likeness (QED) is 0.827. The first kappa shape index (κ1) is 18.5. The number of rotatable bonds is 4. The first-order valence-corrected chi connectivity index (χ1v) is 10.3. The van der Waals surface area contributed by atoms with Crippen molar-refractivity contribution in [2.24, 2.45) is 5.92 Å². The topological polar surface area (TPSA) is 57.7 Å². The molecule has 0 spiro atoms. The van der Waals surface area contributed by atoms with E-state index in [9.17, 15) is 13.2 Å². The summed E-state index contributed by atoms with van der Waals surface area (Å²) in [4.78, 5) is 15.1. The van der Waals surface area contributed by atoms with E-state index >= 15 is 0 Å². The summed E-state index contributed by atoms with van der Waals surface area (Å²) in [6.45, 7) is 3.56. The van der Waals surface area contributed by atoms with Crippen molar-refractivity contribution in [3.05, 3.63) is 60.2 Å². The zero-order valence-electron chi connectivity index (χ0n) is 15.1. The number of piperidine rings is 1. The fraction of sp³-hybridized carbons (Fsp3) is 0.350. The Morgan fingerprint density at radius 2 is 1.73 bits per heavy atom. The van der Waals surface area contributed by atoms with Crippen LogP contribution in [0.25, 0.3) is 0 Å². The first-order valence-electron chi connectivity index (χ1n) is 8.83. The predicted molar refractivity (Wildman–Crippen MR) is 103 cm³/mol. The van der Waals surface area contributed by atoms with Crippen LogP contribution in [-0.2, 0) is 10.0 Å². The first-order chi connectivity index (χ1) is 12.4. The van der Waals surface area contributed by atoms with Crippen LogP contribution in [0.5, 0.6) is 0 Å². The Bertz CT molecular complexity index is 881. The Labute approximate surface area is 155 Å². The molecule has 6 heteroatoms. The van der Waals surface area contributed by atoms with Gasteiger partial charge >= 0.3 is 0 Å². The fourth-order valence-corrected chi connectivity index (χ4v) is 4.59. The molecule has 138 valence electrons. The molecule has 5 nitrogen and oxygen atoms in total. The highest BCUT2D eigenvalue weighted by Gasteiger charge is 2.28. The van der Waals surface area contributed by atoms with E-state index in [1.165, 1.54) is 11.4 Å². The van der Waals surface area contributed by atoms with Crippen LogP contribution in [0, 0.1) is 5.92 Å². The summed E-state index contributed by atoms with van der Waals surface area (Å²) in [6.07, 6.45) is 2.10. The minimum Gasteiger partial charge on any atom is -0.338 e. The number of likely N-dealkylation sites (tertiary alicyclic amines) is 1. The molecule has 1 atom stereocenters. The molecule has 0 saturated carbocycles. The summed E-state index contributed by atoms with van der Waals surface area (Å²) in [7, 11) is -2.23. The molecule has 0 aromatic heterocycles. The maximum absolute atomic E-state index is 13.0. The molecule has 2 aromatic carbocycles. The Hall–Kier alpha value is -2.34. The van der Waals surface area contributed by atoms with Gasteiger partial charge in [-0.2, -0.15) is 0 Å². The molecule has 1 saturated heterocycles. The average Bonchev–Trinajstić information content (AvgIpc) is 2.67. The molecule has 1 amide bonds. The number of carbonyl (C=O) groups is 1. The van der Waals surface area contributed by atoms with Gasteiger partial charge in [0.05, 0.1) is 16.1 Å². The lowest BCUT2D eigenvalue weighted by atomic mass is 9.99. The third kappa shape index (κ3) is 3.60. The number of amides is 1. The van der Waals surface area contributed by atoms with Crippen LogP contribution in [0.4, 0.5) is 5.69 Å². The minimum absolute atomic E-state index is 0.109. The largest absolute Gasteiger partial charge is 0.338 e. The lowest BCUT2D eigenvalue weighted by molar-refractivity contribution is 0.0684. The van der Waals surface area contributed by atoms with Crippen molar-refractivity contribution in [1.29, 1.82) is 0 Å². The van der Waals surface area contributed by atoms with E-state index < -0.39 is 10.0 Å². The van der Waals surface area contributed by atoms with Crippen LogP contribution in [0.15, 0.2) is 59.5 Å². The van der Waals surface area contributed by atoms with E-state index in [-0.39, 0.29) is 10.8 Å². The van der Waals surface area contributed by atoms with Gasteiger partial charge in [-0.15, -0.1) is 0 Å². The number of sulfonamides is 1. The highest BCUT2D eigenvalue weighted by atomic mass is 32.2. The SMILES string of the molecule is C[C@@H]1CCCN(C(=O)c2ccccc2N(C)S(=O)(=O)c2ccccc2)C1. The second-order valence-electron chi connectivity index (χ2n) is 6.80. The van der Waals surface area contributed by atoms with Gasteiger partial charge in [-0.25, -0.2) is 8.42 Å². The maximum atomic E-state index is 13.0. The number of nitrogens with zero attached hydrogens (tertiary/aromatic N) is 2. The third-order valence-electron chi connectivity index (χ3n) is 4.82. The lowest BCUT2D eigenvalue weighted by Gasteiger charge is -2.32. The van der Waals surface area contributed by atoms with Gasteiger partial charge in [0.25, 0.3) is 15.9 Å². The van der Waals surface area contributed by atoms with E-state index in [1.54, 1.807) is 54.6 Å².